The highest BCUT2D eigenvalue weighted by Gasteiger charge is 2.18. The SMILES string of the molecule is Cc1cn(Nc2c3c(nc4ccccc24)CCCC3)c2ccccc12.Cl. The molecule has 2 aromatic heterocycles. The van der Waals surface area contributed by atoms with Crippen molar-refractivity contribution in [2.75, 3.05) is 5.43 Å². The van der Waals surface area contributed by atoms with Crippen LogP contribution in [0, 0.1) is 6.92 Å². The Hall–Kier alpha value is -2.52. The van der Waals surface area contributed by atoms with Crippen molar-refractivity contribution in [3.8, 4) is 0 Å². The maximum atomic E-state index is 4.94. The Labute approximate surface area is 159 Å². The van der Waals surface area contributed by atoms with Crippen LogP contribution in [0.2, 0.25) is 0 Å². The molecule has 4 aromatic rings. The third kappa shape index (κ3) is 2.63. The first-order chi connectivity index (χ1) is 12.3. The number of hydrogen-bond donors (Lipinski definition) is 1. The molecule has 2 heterocycles. The van der Waals surface area contributed by atoms with E-state index in [1.807, 2.05) is 0 Å². The standard InChI is InChI=1S/C22H21N3.ClH/c1-15-14-25(21-13-7-4-8-16(15)21)24-22-17-9-2-5-11-19(17)23-20-12-6-3-10-18(20)22;/h2,4-5,7-9,11,13-14H,3,6,10,12H2,1H3,(H,23,24);1H. The van der Waals surface area contributed by atoms with E-state index in [2.05, 4.69) is 71.8 Å². The summed E-state index contributed by atoms with van der Waals surface area (Å²) in [6, 6.07) is 17.0. The fourth-order valence-electron chi connectivity index (χ4n) is 4.06. The van der Waals surface area contributed by atoms with Gasteiger partial charge in [0.05, 0.1) is 16.7 Å². The highest BCUT2D eigenvalue weighted by atomic mass is 35.5. The average Bonchev–Trinajstić information content (AvgIpc) is 2.98. The highest BCUT2D eigenvalue weighted by Crippen LogP contribution is 2.34. The van der Waals surface area contributed by atoms with Crippen LogP contribution in [0.4, 0.5) is 5.69 Å². The normalized spacial score (nSPS) is 13.4. The Kier molecular flexibility index (Phi) is 4.33. The second-order valence-corrected chi connectivity index (χ2v) is 6.95. The van der Waals surface area contributed by atoms with Crippen LogP contribution < -0.4 is 5.43 Å². The molecule has 0 aliphatic heterocycles. The monoisotopic (exact) mass is 363 g/mol. The van der Waals surface area contributed by atoms with E-state index in [1.54, 1.807) is 0 Å². The lowest BCUT2D eigenvalue weighted by Crippen LogP contribution is -2.14. The molecular weight excluding hydrogens is 342 g/mol. The average molecular weight is 364 g/mol. The lowest BCUT2D eigenvalue weighted by atomic mass is 9.93. The number of fused-ring (bicyclic) bond motifs is 3. The van der Waals surface area contributed by atoms with Gasteiger partial charge in [0, 0.05) is 22.7 Å². The van der Waals surface area contributed by atoms with Crippen LogP contribution in [0.3, 0.4) is 0 Å². The number of halogens is 1. The molecule has 0 unspecified atom stereocenters. The summed E-state index contributed by atoms with van der Waals surface area (Å²) in [6.07, 6.45) is 6.86. The molecule has 0 saturated heterocycles. The van der Waals surface area contributed by atoms with Gasteiger partial charge in [-0.25, -0.2) is 0 Å². The van der Waals surface area contributed by atoms with E-state index >= 15 is 0 Å². The first-order valence-corrected chi connectivity index (χ1v) is 9.05. The molecule has 0 bridgehead atoms. The molecule has 1 N–H and O–H groups in total. The van der Waals surface area contributed by atoms with Crippen molar-refractivity contribution < 1.29 is 0 Å². The van der Waals surface area contributed by atoms with Gasteiger partial charge in [-0.2, -0.15) is 0 Å². The largest absolute Gasteiger partial charge is 0.293 e. The first kappa shape index (κ1) is 16.9. The summed E-state index contributed by atoms with van der Waals surface area (Å²) in [5.74, 6) is 0. The minimum Gasteiger partial charge on any atom is -0.293 e. The number of nitrogens with zero attached hydrogens (tertiary/aromatic N) is 2. The number of hydrogen-bond acceptors (Lipinski definition) is 2. The minimum atomic E-state index is 0. The maximum Gasteiger partial charge on any atom is 0.0726 e. The zero-order valence-electron chi connectivity index (χ0n) is 14.8. The summed E-state index contributed by atoms with van der Waals surface area (Å²) in [5, 5.41) is 2.50. The molecule has 26 heavy (non-hydrogen) atoms. The predicted molar refractivity (Wildman–Crippen MR) is 111 cm³/mol. The summed E-state index contributed by atoms with van der Waals surface area (Å²) >= 11 is 0. The number of aromatic nitrogens is 2. The van der Waals surface area contributed by atoms with Gasteiger partial charge in [0.2, 0.25) is 0 Å². The van der Waals surface area contributed by atoms with Gasteiger partial charge < -0.3 is 0 Å². The molecule has 0 atom stereocenters. The Morgan fingerprint density at radius 3 is 2.54 bits per heavy atom. The smallest absolute Gasteiger partial charge is 0.0726 e. The molecule has 2 aromatic carbocycles. The fraction of sp³-hybridized carbons (Fsp3) is 0.227. The minimum absolute atomic E-state index is 0. The van der Waals surface area contributed by atoms with Gasteiger partial charge in [0.25, 0.3) is 0 Å². The van der Waals surface area contributed by atoms with E-state index in [1.165, 1.54) is 51.6 Å². The van der Waals surface area contributed by atoms with Gasteiger partial charge >= 0.3 is 0 Å². The molecule has 0 amide bonds. The summed E-state index contributed by atoms with van der Waals surface area (Å²) in [6.45, 7) is 2.17. The zero-order chi connectivity index (χ0) is 16.8. The van der Waals surface area contributed by atoms with Crippen LogP contribution >= 0.6 is 12.4 Å². The molecular formula is C22H22ClN3. The van der Waals surface area contributed by atoms with E-state index in [0.717, 1.165) is 18.4 Å². The summed E-state index contributed by atoms with van der Waals surface area (Å²) in [5.41, 5.74) is 11.2. The summed E-state index contributed by atoms with van der Waals surface area (Å²) in [4.78, 5) is 4.94. The van der Waals surface area contributed by atoms with Gasteiger partial charge in [0.1, 0.15) is 0 Å². The second-order valence-electron chi connectivity index (χ2n) is 6.95. The molecule has 0 spiro atoms. The van der Waals surface area contributed by atoms with Crippen molar-refractivity contribution in [3.05, 3.63) is 71.5 Å². The van der Waals surface area contributed by atoms with Crippen LogP contribution in [0.5, 0.6) is 0 Å². The van der Waals surface area contributed by atoms with Crippen LogP contribution in [0.25, 0.3) is 21.8 Å². The number of rotatable bonds is 2. The van der Waals surface area contributed by atoms with Gasteiger partial charge in [-0.1, -0.05) is 36.4 Å². The molecule has 4 heteroatoms. The molecule has 1 aliphatic rings. The fourth-order valence-corrected chi connectivity index (χ4v) is 4.06. The van der Waals surface area contributed by atoms with Gasteiger partial charge in [-0.05, 0) is 55.9 Å². The van der Waals surface area contributed by atoms with Crippen molar-refractivity contribution in [1.29, 1.82) is 0 Å². The number of nitrogens with one attached hydrogen (secondary N) is 1. The summed E-state index contributed by atoms with van der Waals surface area (Å²) < 4.78 is 2.17. The van der Waals surface area contributed by atoms with Gasteiger partial charge in [0.15, 0.2) is 0 Å². The van der Waals surface area contributed by atoms with Crippen molar-refractivity contribution >= 4 is 39.9 Å². The van der Waals surface area contributed by atoms with Crippen molar-refractivity contribution in [2.45, 2.75) is 32.6 Å². The van der Waals surface area contributed by atoms with Crippen molar-refractivity contribution in [1.82, 2.24) is 9.66 Å². The molecule has 1 aliphatic carbocycles. The summed E-state index contributed by atoms with van der Waals surface area (Å²) in [7, 11) is 0. The van der Waals surface area contributed by atoms with E-state index in [0.29, 0.717) is 0 Å². The quantitative estimate of drug-likeness (QED) is 0.497. The highest BCUT2D eigenvalue weighted by molar-refractivity contribution is 5.94. The van der Waals surface area contributed by atoms with Crippen molar-refractivity contribution in [3.63, 3.8) is 0 Å². The molecule has 0 saturated carbocycles. The third-order valence-electron chi connectivity index (χ3n) is 5.31. The van der Waals surface area contributed by atoms with Gasteiger partial charge in [-0.15, -0.1) is 12.4 Å². The van der Waals surface area contributed by atoms with E-state index in [4.69, 9.17) is 4.98 Å². The predicted octanol–water partition coefficient (Wildman–Crippen LogP) is 5.67. The molecule has 0 radical (unpaired) electrons. The van der Waals surface area contributed by atoms with Crippen LogP contribution in [-0.2, 0) is 12.8 Å². The maximum absolute atomic E-state index is 4.94. The lowest BCUT2D eigenvalue weighted by Gasteiger charge is -2.22. The van der Waals surface area contributed by atoms with E-state index in [-0.39, 0.29) is 12.4 Å². The zero-order valence-corrected chi connectivity index (χ0v) is 15.6. The first-order valence-electron chi connectivity index (χ1n) is 9.05. The topological polar surface area (TPSA) is 29.9 Å². The number of anilines is 1. The van der Waals surface area contributed by atoms with E-state index < -0.39 is 0 Å². The Balaban J connectivity index is 0.00000168. The number of para-hydroxylation sites is 2. The number of aryl methyl sites for hydroxylation is 2. The van der Waals surface area contributed by atoms with E-state index in [9.17, 15) is 0 Å². The molecule has 5 rings (SSSR count). The van der Waals surface area contributed by atoms with Crippen LogP contribution in [0.15, 0.2) is 54.7 Å². The molecule has 132 valence electrons. The van der Waals surface area contributed by atoms with Gasteiger partial charge in [-0.3, -0.25) is 15.1 Å². The molecule has 0 fully saturated rings. The Bertz CT molecular complexity index is 1100. The number of benzene rings is 2. The van der Waals surface area contributed by atoms with Crippen molar-refractivity contribution in [2.24, 2.45) is 0 Å². The third-order valence-corrected chi connectivity index (χ3v) is 5.31. The Morgan fingerprint density at radius 2 is 1.65 bits per heavy atom. The second kappa shape index (κ2) is 6.65. The Morgan fingerprint density at radius 1 is 0.923 bits per heavy atom. The van der Waals surface area contributed by atoms with Crippen LogP contribution in [0.1, 0.15) is 29.7 Å². The lowest BCUT2D eigenvalue weighted by molar-refractivity contribution is 0.671. The van der Waals surface area contributed by atoms with Crippen LogP contribution in [-0.4, -0.2) is 9.66 Å². The number of pyridine rings is 1. The molecule has 3 nitrogen and oxygen atoms in total.